The van der Waals surface area contributed by atoms with Crippen LogP contribution in [0.1, 0.15) is 18.2 Å². The Bertz CT molecular complexity index is 1370. The Kier molecular flexibility index (Phi) is 6.21. The smallest absolute Gasteiger partial charge is 0.228 e. The molecule has 172 valence electrons. The molecule has 0 spiro atoms. The molecule has 0 aliphatic carbocycles. The molecule has 1 aliphatic rings. The highest BCUT2D eigenvalue weighted by Gasteiger charge is 2.22. The molecule has 0 bridgehead atoms. The standard InChI is InChI=1S/C18H19N9.C6H5F/c1-26-15(4-8-21-26)23-18-20-7-3-14(22-18)12-5-9-27-16(10-12)24-25-17(27)13-2-6-19-11-13;7-6-4-2-1-3-5-6/h3-5,7-10,13,19H,2,6,11H2,1H3,(H,20,22,23);1-5H. The average molecular weight is 458 g/mol. The predicted molar refractivity (Wildman–Crippen MR) is 127 cm³/mol. The molecule has 1 aliphatic heterocycles. The summed E-state index contributed by atoms with van der Waals surface area (Å²) in [6.07, 6.45) is 6.58. The van der Waals surface area contributed by atoms with E-state index >= 15 is 0 Å². The van der Waals surface area contributed by atoms with E-state index in [4.69, 9.17) is 0 Å². The van der Waals surface area contributed by atoms with Crippen LogP contribution >= 0.6 is 0 Å². The molecule has 2 N–H and O–H groups in total. The zero-order chi connectivity index (χ0) is 23.3. The predicted octanol–water partition coefficient (Wildman–Crippen LogP) is 3.57. The normalized spacial score (nSPS) is 15.2. The molecular weight excluding hydrogens is 433 g/mol. The molecule has 5 aromatic rings. The maximum Gasteiger partial charge on any atom is 0.228 e. The third-order valence-electron chi connectivity index (χ3n) is 5.61. The number of pyridine rings is 1. The van der Waals surface area contributed by atoms with Gasteiger partial charge in [0.15, 0.2) is 5.65 Å². The highest BCUT2D eigenvalue weighted by atomic mass is 19.1. The second-order valence-corrected chi connectivity index (χ2v) is 7.92. The molecule has 0 radical (unpaired) electrons. The molecule has 4 aromatic heterocycles. The van der Waals surface area contributed by atoms with E-state index in [1.54, 1.807) is 35.3 Å². The summed E-state index contributed by atoms with van der Waals surface area (Å²) in [6, 6.07) is 15.7. The molecule has 5 heterocycles. The largest absolute Gasteiger partial charge is 0.316 e. The molecule has 0 amide bonds. The van der Waals surface area contributed by atoms with Crippen LogP contribution in [0.5, 0.6) is 0 Å². The highest BCUT2D eigenvalue weighted by Crippen LogP contribution is 2.24. The van der Waals surface area contributed by atoms with E-state index in [2.05, 4.69) is 40.3 Å². The van der Waals surface area contributed by atoms with E-state index in [0.717, 1.165) is 48.1 Å². The molecule has 1 unspecified atom stereocenters. The molecule has 6 rings (SSSR count). The van der Waals surface area contributed by atoms with Crippen molar-refractivity contribution in [1.82, 2.24) is 39.7 Å². The second-order valence-electron chi connectivity index (χ2n) is 7.92. The summed E-state index contributed by atoms with van der Waals surface area (Å²) in [7, 11) is 1.86. The molecule has 0 saturated carbocycles. The van der Waals surface area contributed by atoms with Gasteiger partial charge in [-0.2, -0.15) is 5.10 Å². The van der Waals surface area contributed by atoms with Crippen LogP contribution in [-0.2, 0) is 7.05 Å². The van der Waals surface area contributed by atoms with E-state index in [1.807, 2.05) is 37.5 Å². The maximum atomic E-state index is 11.9. The Balaban J connectivity index is 0.000000297. The fourth-order valence-corrected chi connectivity index (χ4v) is 3.83. The van der Waals surface area contributed by atoms with E-state index < -0.39 is 0 Å². The Hall–Kier alpha value is -4.18. The van der Waals surface area contributed by atoms with E-state index in [9.17, 15) is 4.39 Å². The first kappa shape index (κ1) is 21.7. The van der Waals surface area contributed by atoms with Crippen LogP contribution in [0, 0.1) is 5.82 Å². The Morgan fingerprint density at radius 3 is 2.65 bits per heavy atom. The zero-order valence-corrected chi connectivity index (χ0v) is 18.6. The highest BCUT2D eigenvalue weighted by molar-refractivity contribution is 5.65. The molecule has 34 heavy (non-hydrogen) atoms. The van der Waals surface area contributed by atoms with Crippen molar-refractivity contribution in [2.45, 2.75) is 12.3 Å². The van der Waals surface area contributed by atoms with Gasteiger partial charge in [0.2, 0.25) is 5.95 Å². The summed E-state index contributed by atoms with van der Waals surface area (Å²) in [6.45, 7) is 1.99. The number of aromatic nitrogens is 7. The third-order valence-corrected chi connectivity index (χ3v) is 5.61. The van der Waals surface area contributed by atoms with Crippen molar-refractivity contribution < 1.29 is 4.39 Å². The van der Waals surface area contributed by atoms with Gasteiger partial charge in [0, 0.05) is 43.5 Å². The Morgan fingerprint density at radius 2 is 1.94 bits per heavy atom. The quantitative estimate of drug-likeness (QED) is 0.426. The number of halogens is 1. The van der Waals surface area contributed by atoms with Gasteiger partial charge >= 0.3 is 0 Å². The van der Waals surface area contributed by atoms with Crippen LogP contribution in [0.25, 0.3) is 16.9 Å². The van der Waals surface area contributed by atoms with Crippen LogP contribution in [0.2, 0.25) is 0 Å². The van der Waals surface area contributed by atoms with Gasteiger partial charge in [0.1, 0.15) is 17.5 Å². The molecule has 1 saturated heterocycles. The van der Waals surface area contributed by atoms with Gasteiger partial charge in [-0.1, -0.05) is 18.2 Å². The number of nitrogens with zero attached hydrogens (tertiary/aromatic N) is 7. The number of hydrogen-bond donors (Lipinski definition) is 2. The number of rotatable bonds is 4. The summed E-state index contributed by atoms with van der Waals surface area (Å²) in [5.41, 5.74) is 2.62. The van der Waals surface area contributed by atoms with Crippen LogP contribution < -0.4 is 10.6 Å². The van der Waals surface area contributed by atoms with Gasteiger partial charge in [0.25, 0.3) is 0 Å². The number of hydrogen-bond acceptors (Lipinski definition) is 7. The minimum atomic E-state index is -0.178. The molecular formula is C24H24FN9. The lowest BCUT2D eigenvalue weighted by molar-refractivity contribution is 0.628. The second kappa shape index (κ2) is 9.75. The summed E-state index contributed by atoms with van der Waals surface area (Å²) in [4.78, 5) is 8.92. The van der Waals surface area contributed by atoms with Crippen molar-refractivity contribution in [2.75, 3.05) is 18.4 Å². The first-order valence-electron chi connectivity index (χ1n) is 11.0. The van der Waals surface area contributed by atoms with Crippen molar-refractivity contribution in [2.24, 2.45) is 7.05 Å². The monoisotopic (exact) mass is 457 g/mol. The molecule has 9 nitrogen and oxygen atoms in total. The first-order chi connectivity index (χ1) is 16.7. The van der Waals surface area contributed by atoms with Gasteiger partial charge < -0.3 is 10.6 Å². The van der Waals surface area contributed by atoms with Crippen molar-refractivity contribution >= 4 is 17.4 Å². The van der Waals surface area contributed by atoms with Crippen molar-refractivity contribution in [1.29, 1.82) is 0 Å². The average Bonchev–Trinajstić information content (AvgIpc) is 3.61. The third kappa shape index (κ3) is 4.76. The zero-order valence-electron chi connectivity index (χ0n) is 18.6. The first-order valence-corrected chi connectivity index (χ1v) is 11.0. The van der Waals surface area contributed by atoms with E-state index in [0.29, 0.717) is 11.9 Å². The van der Waals surface area contributed by atoms with Gasteiger partial charge in [-0.05, 0) is 43.3 Å². The molecule has 1 aromatic carbocycles. The topological polar surface area (TPSA) is 97.9 Å². The van der Waals surface area contributed by atoms with E-state index in [1.165, 1.54) is 12.1 Å². The summed E-state index contributed by atoms with van der Waals surface area (Å²) in [5.74, 6) is 2.61. The lowest BCUT2D eigenvalue weighted by Gasteiger charge is -2.08. The molecule has 1 atom stereocenters. The fourth-order valence-electron chi connectivity index (χ4n) is 3.83. The number of benzene rings is 1. The van der Waals surface area contributed by atoms with Gasteiger partial charge in [-0.15, -0.1) is 10.2 Å². The summed E-state index contributed by atoms with van der Waals surface area (Å²) < 4.78 is 15.7. The number of aryl methyl sites for hydroxylation is 1. The summed E-state index contributed by atoms with van der Waals surface area (Å²) in [5, 5.41) is 19.5. The van der Waals surface area contributed by atoms with Crippen LogP contribution in [0.15, 0.2) is 73.2 Å². The molecule has 1 fully saturated rings. The number of anilines is 2. The van der Waals surface area contributed by atoms with Crippen LogP contribution in [0.3, 0.4) is 0 Å². The minimum Gasteiger partial charge on any atom is -0.316 e. The van der Waals surface area contributed by atoms with Crippen molar-refractivity contribution in [3.05, 3.63) is 84.8 Å². The minimum absolute atomic E-state index is 0.178. The van der Waals surface area contributed by atoms with Crippen molar-refractivity contribution in [3.63, 3.8) is 0 Å². The lowest BCUT2D eigenvalue weighted by Crippen LogP contribution is -2.10. The number of nitrogens with one attached hydrogen (secondary N) is 2. The van der Waals surface area contributed by atoms with E-state index in [-0.39, 0.29) is 5.82 Å². The fraction of sp³-hybridized carbons (Fsp3) is 0.208. The lowest BCUT2D eigenvalue weighted by atomic mass is 10.1. The van der Waals surface area contributed by atoms with Crippen LogP contribution in [-0.4, -0.2) is 47.4 Å². The van der Waals surface area contributed by atoms with Gasteiger partial charge in [-0.25, -0.2) is 14.4 Å². The van der Waals surface area contributed by atoms with Crippen molar-refractivity contribution in [3.8, 4) is 11.3 Å². The van der Waals surface area contributed by atoms with Gasteiger partial charge in [0.05, 0.1) is 11.9 Å². The molecule has 10 heteroatoms. The Labute approximate surface area is 195 Å². The SMILES string of the molecule is Cn1nccc1Nc1nccc(-c2ccn3c(C4CCNC4)nnc3c2)n1.Fc1ccccc1. The maximum absolute atomic E-state index is 11.9. The number of fused-ring (bicyclic) bond motifs is 1. The summed E-state index contributed by atoms with van der Waals surface area (Å²) >= 11 is 0. The van der Waals surface area contributed by atoms with Gasteiger partial charge in [-0.3, -0.25) is 9.08 Å². The van der Waals surface area contributed by atoms with Crippen LogP contribution in [0.4, 0.5) is 16.2 Å². The Morgan fingerprint density at radius 1 is 1.06 bits per heavy atom.